The van der Waals surface area contributed by atoms with E-state index in [1.165, 1.54) is 5.56 Å². The highest BCUT2D eigenvalue weighted by molar-refractivity contribution is 14.0. The molecule has 1 N–H and O–H groups in total. The second-order valence-electron chi connectivity index (χ2n) is 6.31. The van der Waals surface area contributed by atoms with Crippen molar-refractivity contribution < 1.29 is 4.74 Å². The first kappa shape index (κ1) is 18.8. The van der Waals surface area contributed by atoms with Gasteiger partial charge in [-0.1, -0.05) is 23.7 Å². The van der Waals surface area contributed by atoms with Gasteiger partial charge in [0.1, 0.15) is 0 Å². The van der Waals surface area contributed by atoms with Crippen molar-refractivity contribution in [2.45, 2.75) is 24.8 Å². The number of ether oxygens (including phenoxy) is 1. The van der Waals surface area contributed by atoms with E-state index in [9.17, 15) is 0 Å². The molecule has 1 saturated carbocycles. The summed E-state index contributed by atoms with van der Waals surface area (Å²) >= 11 is 6.08. The molecule has 1 saturated heterocycles. The normalized spacial score (nSPS) is 26.6. The number of benzene rings is 1. The largest absolute Gasteiger partial charge is 0.381 e. The molecule has 4 nitrogen and oxygen atoms in total. The molecule has 1 heterocycles. The number of nitrogens with one attached hydrogen (secondary N) is 1. The molecule has 1 aliphatic carbocycles. The van der Waals surface area contributed by atoms with Crippen molar-refractivity contribution in [1.29, 1.82) is 0 Å². The average Bonchev–Trinajstić information content (AvgIpc) is 3.10. The Morgan fingerprint density at radius 3 is 2.96 bits per heavy atom. The SMILES string of the molecule is CN=C(NC1CC1c1cccc(Cl)c1)N(C)CC1CCOC1.I. The van der Waals surface area contributed by atoms with Crippen molar-refractivity contribution in [2.24, 2.45) is 10.9 Å². The molecule has 2 fully saturated rings. The van der Waals surface area contributed by atoms with E-state index in [4.69, 9.17) is 16.3 Å². The number of aliphatic imine (C=N–C) groups is 1. The van der Waals surface area contributed by atoms with Crippen LogP contribution in [-0.2, 0) is 4.74 Å². The van der Waals surface area contributed by atoms with Gasteiger partial charge in [-0.05, 0) is 30.5 Å². The number of nitrogens with zero attached hydrogens (tertiary/aromatic N) is 2. The molecule has 2 aliphatic rings. The lowest BCUT2D eigenvalue weighted by atomic mass is 10.1. The fraction of sp³-hybridized carbons (Fsp3) is 0.588. The minimum atomic E-state index is 0. The fourth-order valence-corrected chi connectivity index (χ4v) is 3.37. The zero-order valence-corrected chi connectivity index (χ0v) is 16.8. The lowest BCUT2D eigenvalue weighted by molar-refractivity contribution is 0.181. The highest BCUT2D eigenvalue weighted by Crippen LogP contribution is 2.41. The van der Waals surface area contributed by atoms with Gasteiger partial charge in [-0.2, -0.15) is 0 Å². The molecule has 3 rings (SSSR count). The van der Waals surface area contributed by atoms with Crippen LogP contribution in [0.25, 0.3) is 0 Å². The van der Waals surface area contributed by atoms with Crippen LogP contribution in [0.1, 0.15) is 24.3 Å². The molecular formula is C17H25ClIN3O. The van der Waals surface area contributed by atoms with E-state index < -0.39 is 0 Å². The minimum absolute atomic E-state index is 0. The lowest BCUT2D eigenvalue weighted by Gasteiger charge is -2.24. The van der Waals surface area contributed by atoms with Gasteiger partial charge >= 0.3 is 0 Å². The van der Waals surface area contributed by atoms with Gasteiger partial charge in [-0.25, -0.2) is 0 Å². The van der Waals surface area contributed by atoms with Crippen LogP contribution >= 0.6 is 35.6 Å². The summed E-state index contributed by atoms with van der Waals surface area (Å²) in [6, 6.07) is 8.62. The first-order valence-electron chi connectivity index (χ1n) is 7.95. The fourth-order valence-electron chi connectivity index (χ4n) is 3.17. The molecule has 6 heteroatoms. The highest BCUT2D eigenvalue weighted by atomic mass is 127. The maximum atomic E-state index is 6.08. The highest BCUT2D eigenvalue weighted by Gasteiger charge is 2.39. The Labute approximate surface area is 160 Å². The topological polar surface area (TPSA) is 36.9 Å². The van der Waals surface area contributed by atoms with Gasteiger partial charge in [0.2, 0.25) is 0 Å². The van der Waals surface area contributed by atoms with Gasteiger partial charge in [-0.3, -0.25) is 4.99 Å². The Balaban J connectivity index is 0.00000192. The molecule has 0 spiro atoms. The molecular weight excluding hydrogens is 425 g/mol. The standard InChI is InChI=1S/C17H24ClN3O.HI/c1-19-17(21(2)10-12-6-7-22-11-12)20-16-9-15(16)13-4-3-5-14(18)8-13;/h3-5,8,12,15-16H,6-7,9-11H2,1-2H3,(H,19,20);1H. The molecule has 0 amide bonds. The molecule has 128 valence electrons. The van der Waals surface area contributed by atoms with E-state index in [1.54, 1.807) is 0 Å². The molecule has 1 aromatic rings. The van der Waals surface area contributed by atoms with Crippen LogP contribution in [0.5, 0.6) is 0 Å². The molecule has 0 radical (unpaired) electrons. The molecule has 3 atom stereocenters. The zero-order chi connectivity index (χ0) is 15.5. The van der Waals surface area contributed by atoms with Crippen LogP contribution in [0.2, 0.25) is 5.02 Å². The van der Waals surface area contributed by atoms with Gasteiger partial charge in [0.15, 0.2) is 5.96 Å². The van der Waals surface area contributed by atoms with Crippen molar-refractivity contribution in [3.05, 3.63) is 34.9 Å². The molecule has 23 heavy (non-hydrogen) atoms. The number of halogens is 2. The Kier molecular flexibility index (Phi) is 6.98. The van der Waals surface area contributed by atoms with E-state index in [1.807, 2.05) is 19.2 Å². The van der Waals surface area contributed by atoms with Crippen molar-refractivity contribution in [2.75, 3.05) is 33.9 Å². The monoisotopic (exact) mass is 449 g/mol. The van der Waals surface area contributed by atoms with E-state index in [0.717, 1.165) is 43.6 Å². The minimum Gasteiger partial charge on any atom is -0.381 e. The molecule has 3 unspecified atom stereocenters. The number of hydrogen-bond acceptors (Lipinski definition) is 2. The Bertz CT molecular complexity index is 548. The average molecular weight is 450 g/mol. The summed E-state index contributed by atoms with van der Waals surface area (Å²) in [7, 11) is 3.95. The van der Waals surface area contributed by atoms with Crippen LogP contribution in [0, 0.1) is 5.92 Å². The summed E-state index contributed by atoms with van der Waals surface area (Å²) in [5.74, 6) is 2.13. The first-order chi connectivity index (χ1) is 10.7. The Hall–Kier alpha value is -0.530. The first-order valence-corrected chi connectivity index (χ1v) is 8.33. The molecule has 1 aliphatic heterocycles. The Morgan fingerprint density at radius 2 is 2.30 bits per heavy atom. The van der Waals surface area contributed by atoms with Crippen molar-refractivity contribution >= 4 is 41.5 Å². The zero-order valence-electron chi connectivity index (χ0n) is 13.7. The van der Waals surface area contributed by atoms with Crippen LogP contribution < -0.4 is 5.32 Å². The molecule has 0 aromatic heterocycles. The Morgan fingerprint density at radius 1 is 1.48 bits per heavy atom. The second kappa shape index (κ2) is 8.53. The maximum Gasteiger partial charge on any atom is 0.193 e. The van der Waals surface area contributed by atoms with Gasteiger partial charge < -0.3 is 15.0 Å². The number of guanidine groups is 1. The number of rotatable bonds is 4. The predicted molar refractivity (Wildman–Crippen MR) is 106 cm³/mol. The van der Waals surface area contributed by atoms with Crippen LogP contribution in [0.15, 0.2) is 29.3 Å². The van der Waals surface area contributed by atoms with Gasteiger partial charge in [-0.15, -0.1) is 24.0 Å². The smallest absolute Gasteiger partial charge is 0.193 e. The summed E-state index contributed by atoms with van der Waals surface area (Å²) in [6.07, 6.45) is 2.29. The maximum absolute atomic E-state index is 6.08. The quantitative estimate of drug-likeness (QED) is 0.435. The van der Waals surface area contributed by atoms with Gasteiger partial charge in [0.25, 0.3) is 0 Å². The third kappa shape index (κ3) is 4.97. The van der Waals surface area contributed by atoms with Crippen molar-refractivity contribution in [3.63, 3.8) is 0 Å². The second-order valence-corrected chi connectivity index (χ2v) is 6.74. The molecule has 0 bridgehead atoms. The summed E-state index contributed by atoms with van der Waals surface area (Å²) in [5.41, 5.74) is 1.31. The van der Waals surface area contributed by atoms with Gasteiger partial charge in [0.05, 0.1) is 6.61 Å². The van der Waals surface area contributed by atoms with Crippen molar-refractivity contribution in [1.82, 2.24) is 10.2 Å². The third-order valence-corrected chi connectivity index (χ3v) is 4.75. The van der Waals surface area contributed by atoms with E-state index in [2.05, 4.69) is 34.4 Å². The summed E-state index contributed by atoms with van der Waals surface area (Å²) in [4.78, 5) is 6.64. The molecule has 1 aromatic carbocycles. The lowest BCUT2D eigenvalue weighted by Crippen LogP contribution is -2.42. The van der Waals surface area contributed by atoms with Crippen LogP contribution in [-0.4, -0.2) is 50.8 Å². The summed E-state index contributed by atoms with van der Waals surface area (Å²) < 4.78 is 5.45. The van der Waals surface area contributed by atoms with E-state index in [0.29, 0.717) is 17.9 Å². The van der Waals surface area contributed by atoms with Crippen LogP contribution in [0.4, 0.5) is 0 Å². The van der Waals surface area contributed by atoms with Crippen LogP contribution in [0.3, 0.4) is 0 Å². The van der Waals surface area contributed by atoms with Crippen molar-refractivity contribution in [3.8, 4) is 0 Å². The van der Waals surface area contributed by atoms with Gasteiger partial charge in [0, 0.05) is 50.1 Å². The van der Waals surface area contributed by atoms with E-state index >= 15 is 0 Å². The van der Waals surface area contributed by atoms with E-state index in [-0.39, 0.29) is 24.0 Å². The summed E-state index contributed by atoms with van der Waals surface area (Å²) in [6.45, 7) is 2.76. The third-order valence-electron chi connectivity index (χ3n) is 4.51. The number of hydrogen-bond donors (Lipinski definition) is 1. The summed E-state index contributed by atoms with van der Waals surface area (Å²) in [5, 5.41) is 4.39. The predicted octanol–water partition coefficient (Wildman–Crippen LogP) is 3.36.